The number of thioether (sulfide) groups is 1. The number of aromatic nitrogens is 2. The number of carboxylic acid groups (broad SMARTS) is 1. The van der Waals surface area contributed by atoms with E-state index >= 15 is 0 Å². The number of aryl methyl sites for hydroxylation is 1. The van der Waals surface area contributed by atoms with E-state index in [0.29, 0.717) is 5.56 Å². The minimum absolute atomic E-state index is 0.300. The molecule has 0 saturated carbocycles. The molecule has 0 spiro atoms. The third-order valence-electron chi connectivity index (χ3n) is 2.05. The summed E-state index contributed by atoms with van der Waals surface area (Å²) in [6.45, 7) is 2.58. The molecule has 1 rings (SSSR count). The molecule has 0 amide bonds. The van der Waals surface area contributed by atoms with Crippen molar-refractivity contribution < 1.29 is 9.90 Å². The number of hydrogen-bond donors (Lipinski definition) is 1. The van der Waals surface area contributed by atoms with Gasteiger partial charge in [-0.1, -0.05) is 0 Å². The van der Waals surface area contributed by atoms with Crippen LogP contribution in [0.5, 0.6) is 0 Å². The summed E-state index contributed by atoms with van der Waals surface area (Å²) in [6, 6.07) is 0. The van der Waals surface area contributed by atoms with Crippen LogP contribution in [0.2, 0.25) is 0 Å². The summed E-state index contributed by atoms with van der Waals surface area (Å²) < 4.78 is 1.75. The van der Waals surface area contributed by atoms with Crippen LogP contribution in [-0.4, -0.2) is 32.9 Å². The minimum Gasteiger partial charge on any atom is -0.478 e. The van der Waals surface area contributed by atoms with E-state index < -0.39 is 5.97 Å². The maximum absolute atomic E-state index is 10.7. The zero-order valence-electron chi connectivity index (χ0n) is 8.36. The van der Waals surface area contributed by atoms with E-state index in [2.05, 4.69) is 11.4 Å². The molecule has 0 aliphatic heterocycles. The summed E-state index contributed by atoms with van der Waals surface area (Å²) in [4.78, 5) is 10.7. The van der Waals surface area contributed by atoms with Gasteiger partial charge in [-0.3, -0.25) is 4.68 Å². The second-order valence-corrected chi connectivity index (χ2v) is 4.00. The summed E-state index contributed by atoms with van der Waals surface area (Å²) in [7, 11) is 0. The van der Waals surface area contributed by atoms with Gasteiger partial charge in [0.05, 0.1) is 6.20 Å². The molecule has 0 aromatic carbocycles. The quantitative estimate of drug-likeness (QED) is 0.757. The van der Waals surface area contributed by atoms with Crippen molar-refractivity contribution >= 4 is 17.7 Å². The highest BCUT2D eigenvalue weighted by atomic mass is 32.2. The molecule has 5 heteroatoms. The Morgan fingerprint density at radius 1 is 1.71 bits per heavy atom. The molecule has 0 aliphatic rings. The van der Waals surface area contributed by atoms with Crippen molar-refractivity contribution in [1.82, 2.24) is 9.78 Å². The normalized spacial score (nSPS) is 10.4. The maximum Gasteiger partial charge on any atom is 0.339 e. The molecule has 0 bridgehead atoms. The van der Waals surface area contributed by atoms with Crippen molar-refractivity contribution in [3.05, 3.63) is 17.5 Å². The lowest BCUT2D eigenvalue weighted by atomic mass is 10.3. The zero-order chi connectivity index (χ0) is 10.6. The van der Waals surface area contributed by atoms with Crippen LogP contribution in [0, 0.1) is 6.92 Å². The van der Waals surface area contributed by atoms with Gasteiger partial charge in [0, 0.05) is 12.2 Å². The molecule has 4 nitrogen and oxygen atoms in total. The lowest BCUT2D eigenvalue weighted by Crippen LogP contribution is -2.05. The highest BCUT2D eigenvalue weighted by Gasteiger charge is 2.11. The predicted molar refractivity (Wildman–Crippen MR) is 56.9 cm³/mol. The van der Waals surface area contributed by atoms with Crippen LogP contribution in [0.25, 0.3) is 0 Å². The van der Waals surface area contributed by atoms with E-state index in [9.17, 15) is 4.79 Å². The Hall–Kier alpha value is -0.970. The Morgan fingerprint density at radius 2 is 2.43 bits per heavy atom. The average Bonchev–Trinajstić information content (AvgIpc) is 2.48. The van der Waals surface area contributed by atoms with Crippen LogP contribution in [0.3, 0.4) is 0 Å². The number of rotatable bonds is 5. The number of hydrogen-bond acceptors (Lipinski definition) is 3. The smallest absolute Gasteiger partial charge is 0.339 e. The van der Waals surface area contributed by atoms with Gasteiger partial charge in [-0.15, -0.1) is 0 Å². The summed E-state index contributed by atoms with van der Waals surface area (Å²) in [6.07, 6.45) is 4.48. The minimum atomic E-state index is -0.904. The SMILES string of the molecule is CSCCCn1ncc(C(=O)O)c1C. The van der Waals surface area contributed by atoms with E-state index in [0.717, 1.165) is 24.4 Å². The monoisotopic (exact) mass is 214 g/mol. The fourth-order valence-corrected chi connectivity index (χ4v) is 1.66. The summed E-state index contributed by atoms with van der Waals surface area (Å²) >= 11 is 1.78. The zero-order valence-corrected chi connectivity index (χ0v) is 9.17. The summed E-state index contributed by atoms with van der Waals surface area (Å²) in [5.41, 5.74) is 1.03. The predicted octanol–water partition coefficient (Wildman–Crippen LogP) is 1.64. The van der Waals surface area contributed by atoms with Crippen LogP contribution >= 0.6 is 11.8 Å². The van der Waals surface area contributed by atoms with Crippen LogP contribution in [0.1, 0.15) is 22.5 Å². The number of carbonyl (C=O) groups is 1. The molecule has 1 heterocycles. The van der Waals surface area contributed by atoms with Crippen LogP contribution < -0.4 is 0 Å². The molecular formula is C9H14N2O2S. The molecule has 0 unspecified atom stereocenters. The average molecular weight is 214 g/mol. The molecule has 0 fully saturated rings. The van der Waals surface area contributed by atoms with Gasteiger partial charge in [0.25, 0.3) is 0 Å². The molecule has 1 N–H and O–H groups in total. The van der Waals surface area contributed by atoms with Gasteiger partial charge in [0.15, 0.2) is 0 Å². The summed E-state index contributed by atoms with van der Waals surface area (Å²) in [5, 5.41) is 12.8. The lowest BCUT2D eigenvalue weighted by molar-refractivity contribution is 0.0696. The molecule has 14 heavy (non-hydrogen) atoms. The first-order chi connectivity index (χ1) is 6.66. The largest absolute Gasteiger partial charge is 0.478 e. The van der Waals surface area contributed by atoms with Gasteiger partial charge < -0.3 is 5.11 Å². The van der Waals surface area contributed by atoms with Gasteiger partial charge >= 0.3 is 5.97 Å². The topological polar surface area (TPSA) is 55.1 Å². The Balaban J connectivity index is 2.65. The summed E-state index contributed by atoms with van der Waals surface area (Å²) in [5.74, 6) is 0.167. The van der Waals surface area contributed by atoms with Crippen molar-refractivity contribution in [3.63, 3.8) is 0 Å². The second-order valence-electron chi connectivity index (χ2n) is 3.02. The number of aromatic carboxylic acids is 1. The Labute approximate surface area is 87.3 Å². The molecule has 78 valence electrons. The van der Waals surface area contributed by atoms with Crippen LogP contribution in [0.4, 0.5) is 0 Å². The lowest BCUT2D eigenvalue weighted by Gasteiger charge is -2.03. The first kappa shape index (κ1) is 11.1. The van der Waals surface area contributed by atoms with E-state index in [1.165, 1.54) is 6.20 Å². The first-order valence-electron chi connectivity index (χ1n) is 4.41. The van der Waals surface area contributed by atoms with E-state index in [1.54, 1.807) is 23.4 Å². The fraction of sp³-hybridized carbons (Fsp3) is 0.556. The highest BCUT2D eigenvalue weighted by molar-refractivity contribution is 7.98. The molecule has 0 atom stereocenters. The van der Waals surface area contributed by atoms with E-state index in [-0.39, 0.29) is 0 Å². The van der Waals surface area contributed by atoms with Gasteiger partial charge in [-0.25, -0.2) is 4.79 Å². The molecule has 0 saturated heterocycles. The Bertz CT molecular complexity index is 323. The Kier molecular flexibility index (Phi) is 4.00. The maximum atomic E-state index is 10.7. The number of carboxylic acids is 1. The highest BCUT2D eigenvalue weighted by Crippen LogP contribution is 2.08. The number of nitrogens with zero attached hydrogens (tertiary/aromatic N) is 2. The van der Waals surface area contributed by atoms with Crippen molar-refractivity contribution in [2.45, 2.75) is 19.9 Å². The first-order valence-corrected chi connectivity index (χ1v) is 5.81. The molecule has 1 aromatic rings. The van der Waals surface area contributed by atoms with Crippen LogP contribution in [0.15, 0.2) is 6.20 Å². The molecule has 0 aliphatic carbocycles. The third-order valence-corrected chi connectivity index (χ3v) is 2.75. The third kappa shape index (κ3) is 2.51. The molecule has 0 radical (unpaired) electrons. The van der Waals surface area contributed by atoms with Crippen molar-refractivity contribution in [3.8, 4) is 0 Å². The van der Waals surface area contributed by atoms with Gasteiger partial charge in [0.1, 0.15) is 5.56 Å². The van der Waals surface area contributed by atoms with Crippen LogP contribution in [-0.2, 0) is 6.54 Å². The molecule has 1 aromatic heterocycles. The fourth-order valence-electron chi connectivity index (χ4n) is 1.24. The molecular weight excluding hydrogens is 200 g/mol. The van der Waals surface area contributed by atoms with E-state index in [1.807, 2.05) is 0 Å². The second kappa shape index (κ2) is 5.05. The van der Waals surface area contributed by atoms with Crippen molar-refractivity contribution in [1.29, 1.82) is 0 Å². The van der Waals surface area contributed by atoms with Gasteiger partial charge in [-0.2, -0.15) is 16.9 Å². The van der Waals surface area contributed by atoms with Gasteiger partial charge in [0.2, 0.25) is 0 Å². The van der Waals surface area contributed by atoms with Gasteiger partial charge in [-0.05, 0) is 25.4 Å². The van der Waals surface area contributed by atoms with Crippen molar-refractivity contribution in [2.75, 3.05) is 12.0 Å². The standard InChI is InChI=1S/C9H14N2O2S/c1-7-8(9(12)13)6-10-11(7)4-3-5-14-2/h6H,3-5H2,1-2H3,(H,12,13). The Morgan fingerprint density at radius 3 is 2.93 bits per heavy atom. The van der Waals surface area contributed by atoms with Crippen molar-refractivity contribution in [2.24, 2.45) is 0 Å². The van der Waals surface area contributed by atoms with E-state index in [4.69, 9.17) is 5.11 Å².